The lowest BCUT2D eigenvalue weighted by molar-refractivity contribution is -0.119. The number of benzene rings is 2. The lowest BCUT2D eigenvalue weighted by Gasteiger charge is -2.23. The van der Waals surface area contributed by atoms with Crippen LogP contribution in [-0.4, -0.2) is 36.2 Å². The van der Waals surface area contributed by atoms with E-state index < -0.39 is 22.0 Å². The van der Waals surface area contributed by atoms with Crippen molar-refractivity contribution in [3.05, 3.63) is 52.5 Å². The molecule has 4 rings (SSSR count). The maximum absolute atomic E-state index is 13.0. The van der Waals surface area contributed by atoms with E-state index in [-0.39, 0.29) is 11.4 Å². The van der Waals surface area contributed by atoms with Crippen LogP contribution in [0.25, 0.3) is 10.2 Å². The standard InChI is InChI=1S/C18H15Cl2N3O3S2/c19-11-6-8-12(9-7-11)28(25,26)23-10-2-4-14(23)17(24)22-18-21-16-13(20)3-1-5-15(16)27-18/h1,3,5-9,14H,2,4,10H2,(H,21,22,24). The Morgan fingerprint density at radius 1 is 1.18 bits per heavy atom. The summed E-state index contributed by atoms with van der Waals surface area (Å²) in [5, 5.41) is 4.09. The lowest BCUT2D eigenvalue weighted by atomic mass is 10.2. The summed E-state index contributed by atoms with van der Waals surface area (Å²) < 4.78 is 28.0. The molecule has 1 N–H and O–H groups in total. The number of nitrogens with zero attached hydrogens (tertiary/aromatic N) is 2. The number of carbonyl (C=O) groups is 1. The molecule has 1 amide bonds. The van der Waals surface area contributed by atoms with Crippen molar-refractivity contribution in [1.82, 2.24) is 9.29 Å². The Labute approximate surface area is 176 Å². The molecule has 1 aliphatic heterocycles. The second-order valence-electron chi connectivity index (χ2n) is 6.32. The third kappa shape index (κ3) is 3.62. The van der Waals surface area contributed by atoms with Crippen LogP contribution in [0.3, 0.4) is 0 Å². The van der Waals surface area contributed by atoms with Crippen molar-refractivity contribution in [2.24, 2.45) is 0 Å². The third-order valence-electron chi connectivity index (χ3n) is 4.53. The van der Waals surface area contributed by atoms with Gasteiger partial charge in [-0.15, -0.1) is 0 Å². The molecule has 2 aromatic carbocycles. The summed E-state index contributed by atoms with van der Waals surface area (Å²) >= 11 is 13.3. The predicted molar refractivity (Wildman–Crippen MR) is 112 cm³/mol. The molecule has 0 aliphatic carbocycles. The number of rotatable bonds is 4. The Morgan fingerprint density at radius 3 is 2.64 bits per heavy atom. The van der Waals surface area contributed by atoms with E-state index in [0.717, 1.165) is 4.70 Å². The molecule has 28 heavy (non-hydrogen) atoms. The van der Waals surface area contributed by atoms with E-state index in [1.807, 2.05) is 12.1 Å². The summed E-state index contributed by atoms with van der Waals surface area (Å²) in [6.07, 6.45) is 1.06. The van der Waals surface area contributed by atoms with Gasteiger partial charge in [0.25, 0.3) is 0 Å². The van der Waals surface area contributed by atoms with E-state index >= 15 is 0 Å². The van der Waals surface area contributed by atoms with Gasteiger partial charge in [-0.05, 0) is 49.2 Å². The topological polar surface area (TPSA) is 79.4 Å². The summed E-state index contributed by atoms with van der Waals surface area (Å²) in [7, 11) is -3.80. The van der Waals surface area contributed by atoms with E-state index in [1.54, 1.807) is 6.07 Å². The fourth-order valence-electron chi connectivity index (χ4n) is 3.19. The lowest BCUT2D eigenvalue weighted by Crippen LogP contribution is -2.43. The van der Waals surface area contributed by atoms with E-state index in [9.17, 15) is 13.2 Å². The first-order valence-electron chi connectivity index (χ1n) is 8.49. The summed E-state index contributed by atoms with van der Waals surface area (Å²) in [6, 6.07) is 10.5. The molecule has 1 aromatic heterocycles. The minimum Gasteiger partial charge on any atom is -0.301 e. The molecule has 146 valence electrons. The first-order valence-corrected chi connectivity index (χ1v) is 11.5. The van der Waals surface area contributed by atoms with Crippen LogP contribution in [0.15, 0.2) is 47.4 Å². The van der Waals surface area contributed by atoms with Crippen LogP contribution in [0.1, 0.15) is 12.8 Å². The van der Waals surface area contributed by atoms with Crippen LogP contribution in [-0.2, 0) is 14.8 Å². The molecule has 0 radical (unpaired) electrons. The van der Waals surface area contributed by atoms with Crippen molar-refractivity contribution >= 4 is 65.8 Å². The van der Waals surface area contributed by atoms with Gasteiger partial charge in [0.1, 0.15) is 11.6 Å². The van der Waals surface area contributed by atoms with Gasteiger partial charge in [0.2, 0.25) is 15.9 Å². The monoisotopic (exact) mass is 455 g/mol. The Balaban J connectivity index is 1.57. The van der Waals surface area contributed by atoms with E-state index in [0.29, 0.717) is 33.5 Å². The van der Waals surface area contributed by atoms with Gasteiger partial charge in [-0.2, -0.15) is 4.31 Å². The number of anilines is 1. The van der Waals surface area contributed by atoms with Gasteiger partial charge in [-0.1, -0.05) is 40.6 Å². The highest BCUT2D eigenvalue weighted by molar-refractivity contribution is 7.89. The highest BCUT2D eigenvalue weighted by Gasteiger charge is 2.39. The van der Waals surface area contributed by atoms with Crippen molar-refractivity contribution in [3.63, 3.8) is 0 Å². The summed E-state index contributed by atoms with van der Waals surface area (Å²) in [6.45, 7) is 0.286. The fraction of sp³-hybridized carbons (Fsp3) is 0.222. The average Bonchev–Trinajstić information content (AvgIpc) is 3.30. The molecule has 1 unspecified atom stereocenters. The number of thiazole rings is 1. The normalized spacial score (nSPS) is 17.9. The third-order valence-corrected chi connectivity index (χ3v) is 7.94. The SMILES string of the molecule is O=C(Nc1nc2c(Cl)cccc2s1)C1CCCN1S(=O)(=O)c1ccc(Cl)cc1. The molecule has 1 saturated heterocycles. The molecule has 10 heteroatoms. The zero-order valence-electron chi connectivity index (χ0n) is 14.4. The van der Waals surface area contributed by atoms with Crippen LogP contribution < -0.4 is 5.32 Å². The molecule has 2 heterocycles. The van der Waals surface area contributed by atoms with Gasteiger partial charge in [-0.25, -0.2) is 13.4 Å². The van der Waals surface area contributed by atoms with Crippen molar-refractivity contribution in [2.75, 3.05) is 11.9 Å². The van der Waals surface area contributed by atoms with Crippen molar-refractivity contribution < 1.29 is 13.2 Å². The van der Waals surface area contributed by atoms with Crippen LogP contribution in [0.4, 0.5) is 5.13 Å². The number of hydrogen-bond acceptors (Lipinski definition) is 5. The first-order chi connectivity index (χ1) is 13.4. The first kappa shape index (κ1) is 19.6. The zero-order chi connectivity index (χ0) is 19.9. The quantitative estimate of drug-likeness (QED) is 0.632. The number of fused-ring (bicyclic) bond motifs is 1. The highest BCUT2D eigenvalue weighted by Crippen LogP contribution is 2.32. The number of para-hydroxylation sites is 1. The molecular formula is C18H15Cl2N3O3S2. The second kappa shape index (κ2) is 7.61. The summed E-state index contributed by atoms with van der Waals surface area (Å²) in [4.78, 5) is 17.3. The minimum absolute atomic E-state index is 0.114. The Morgan fingerprint density at radius 2 is 1.93 bits per heavy atom. The average molecular weight is 456 g/mol. The van der Waals surface area contributed by atoms with Gasteiger partial charge in [-0.3, -0.25) is 4.79 Å². The summed E-state index contributed by atoms with van der Waals surface area (Å²) in [5.41, 5.74) is 0.613. The maximum Gasteiger partial charge on any atom is 0.244 e. The number of aromatic nitrogens is 1. The molecular weight excluding hydrogens is 441 g/mol. The second-order valence-corrected chi connectivity index (χ2v) is 10.1. The molecule has 0 spiro atoms. The highest BCUT2D eigenvalue weighted by atomic mass is 35.5. The van der Waals surface area contributed by atoms with Crippen LogP contribution in [0.2, 0.25) is 10.0 Å². The van der Waals surface area contributed by atoms with Crippen molar-refractivity contribution in [1.29, 1.82) is 0 Å². The molecule has 6 nitrogen and oxygen atoms in total. The van der Waals surface area contributed by atoms with Crippen molar-refractivity contribution in [2.45, 2.75) is 23.8 Å². The summed E-state index contributed by atoms with van der Waals surface area (Å²) in [5.74, 6) is -0.398. The largest absolute Gasteiger partial charge is 0.301 e. The smallest absolute Gasteiger partial charge is 0.244 e. The van der Waals surface area contributed by atoms with E-state index in [1.165, 1.54) is 39.9 Å². The fourth-order valence-corrected chi connectivity index (χ4v) is 6.14. The van der Waals surface area contributed by atoms with Crippen LogP contribution in [0.5, 0.6) is 0 Å². The Kier molecular flexibility index (Phi) is 5.32. The molecule has 0 bridgehead atoms. The Hall–Kier alpha value is -1.71. The Bertz CT molecular complexity index is 1150. The zero-order valence-corrected chi connectivity index (χ0v) is 17.6. The predicted octanol–water partition coefficient (Wildman–Crippen LogP) is 4.39. The molecule has 1 atom stereocenters. The molecule has 1 fully saturated rings. The number of nitrogens with one attached hydrogen (secondary N) is 1. The number of sulfonamides is 1. The minimum atomic E-state index is -3.80. The van der Waals surface area contributed by atoms with E-state index in [4.69, 9.17) is 23.2 Å². The van der Waals surface area contributed by atoms with Crippen LogP contribution >= 0.6 is 34.5 Å². The van der Waals surface area contributed by atoms with Crippen molar-refractivity contribution in [3.8, 4) is 0 Å². The maximum atomic E-state index is 13.0. The number of hydrogen-bond donors (Lipinski definition) is 1. The van der Waals surface area contributed by atoms with Gasteiger partial charge in [0.05, 0.1) is 14.6 Å². The van der Waals surface area contributed by atoms with Gasteiger partial charge < -0.3 is 5.32 Å². The van der Waals surface area contributed by atoms with Gasteiger partial charge >= 0.3 is 0 Å². The van der Waals surface area contributed by atoms with E-state index in [2.05, 4.69) is 10.3 Å². The molecule has 0 saturated carbocycles. The van der Waals surface area contributed by atoms with Crippen LogP contribution in [0, 0.1) is 0 Å². The number of halogens is 2. The number of amides is 1. The molecule has 3 aromatic rings. The van der Waals surface area contributed by atoms with Gasteiger partial charge in [0, 0.05) is 11.6 Å². The number of carbonyl (C=O) groups excluding carboxylic acids is 1. The molecule has 1 aliphatic rings. The van der Waals surface area contributed by atoms with Gasteiger partial charge in [0.15, 0.2) is 5.13 Å².